The molecule has 0 aliphatic carbocycles. The van der Waals surface area contributed by atoms with E-state index in [1.165, 1.54) is 0 Å². The summed E-state index contributed by atoms with van der Waals surface area (Å²) in [7, 11) is 0. The van der Waals surface area contributed by atoms with E-state index >= 15 is 0 Å². The minimum absolute atomic E-state index is 0. The monoisotopic (exact) mass is 132 g/mol. The van der Waals surface area contributed by atoms with Crippen molar-refractivity contribution in [1.82, 2.24) is 0 Å². The molecular formula is C2H9ClO4. The number of hydrogen-bond acceptors (Lipinski definition) is 1. The molecule has 0 aliphatic heterocycles. The van der Waals surface area contributed by atoms with E-state index in [-0.39, 0.29) is 23.4 Å². The Kier molecular flexibility index (Phi) is 74.2. The van der Waals surface area contributed by atoms with Crippen LogP contribution in [0.4, 0.5) is 0 Å². The molecule has 0 unspecified atom stereocenters. The number of hydrogen-bond donors (Lipinski definition) is 1. The minimum atomic E-state index is -0.833. The first-order valence-corrected chi connectivity index (χ1v) is 0.928. The summed E-state index contributed by atoms with van der Waals surface area (Å²) in [6, 6.07) is 0. The molecule has 0 aromatic carbocycles. The quantitative estimate of drug-likeness (QED) is 0.451. The molecule has 0 aromatic rings. The molecule has 0 fully saturated rings. The summed E-state index contributed by atoms with van der Waals surface area (Å²) in [5.74, 6) is -0.833. The number of carboxylic acid groups (broad SMARTS) is 1. The van der Waals surface area contributed by atoms with Crippen molar-refractivity contribution in [3.8, 4) is 0 Å². The molecule has 0 atom stereocenters. The first-order valence-electron chi connectivity index (χ1n) is 0.928. The van der Waals surface area contributed by atoms with Crippen LogP contribution in [0, 0.1) is 0 Å². The molecule has 0 aliphatic rings. The van der Waals surface area contributed by atoms with Gasteiger partial charge in [-0.25, -0.2) is 0 Å². The fraction of sp³-hybridized carbons (Fsp3) is 0.500. The van der Waals surface area contributed by atoms with Crippen molar-refractivity contribution in [2.45, 2.75) is 6.92 Å². The Morgan fingerprint density at radius 3 is 1.43 bits per heavy atom. The summed E-state index contributed by atoms with van der Waals surface area (Å²) in [4.78, 5) is 9.00. The zero-order chi connectivity index (χ0) is 3.58. The molecule has 0 heterocycles. The van der Waals surface area contributed by atoms with Crippen LogP contribution < -0.4 is 0 Å². The van der Waals surface area contributed by atoms with Crippen molar-refractivity contribution < 1.29 is 20.9 Å². The van der Waals surface area contributed by atoms with E-state index in [9.17, 15) is 0 Å². The number of aliphatic carboxylic acids is 1. The molecule has 0 spiro atoms. The molecule has 0 saturated carbocycles. The van der Waals surface area contributed by atoms with Gasteiger partial charge in [0.25, 0.3) is 5.97 Å². The number of carbonyl (C=O) groups is 1. The third kappa shape index (κ3) is 751. The number of rotatable bonds is 0. The van der Waals surface area contributed by atoms with E-state index in [0.29, 0.717) is 0 Å². The Hall–Kier alpha value is -0.320. The van der Waals surface area contributed by atoms with Crippen LogP contribution in [0.2, 0.25) is 0 Å². The van der Waals surface area contributed by atoms with Crippen molar-refractivity contribution >= 4 is 18.4 Å². The molecule has 0 rings (SSSR count). The standard InChI is InChI=1S/C2H4O2.ClH.2H2O/c1-2(3)4;;;/h1H3,(H,3,4);1H;2*1H2. The predicted octanol–water partition coefficient (Wildman–Crippen LogP) is -1.14. The van der Waals surface area contributed by atoms with E-state index in [1.54, 1.807) is 0 Å². The van der Waals surface area contributed by atoms with Gasteiger partial charge in [-0.2, -0.15) is 0 Å². The van der Waals surface area contributed by atoms with Gasteiger partial charge in [0.15, 0.2) is 0 Å². The summed E-state index contributed by atoms with van der Waals surface area (Å²) >= 11 is 0. The molecular weight excluding hydrogens is 123 g/mol. The normalized spacial score (nSPS) is 3.57. The van der Waals surface area contributed by atoms with E-state index in [0.717, 1.165) is 6.92 Å². The summed E-state index contributed by atoms with van der Waals surface area (Å²) in [6.45, 7) is 1.08. The minimum Gasteiger partial charge on any atom is -0.481 e. The summed E-state index contributed by atoms with van der Waals surface area (Å²) in [6.07, 6.45) is 0. The van der Waals surface area contributed by atoms with Gasteiger partial charge in [0.1, 0.15) is 0 Å². The van der Waals surface area contributed by atoms with Crippen LogP contribution in [0.15, 0.2) is 0 Å². The lowest BCUT2D eigenvalue weighted by Crippen LogP contribution is -1.78. The maximum Gasteiger partial charge on any atom is 0.300 e. The van der Waals surface area contributed by atoms with Crippen LogP contribution in [0.3, 0.4) is 0 Å². The van der Waals surface area contributed by atoms with E-state index in [4.69, 9.17) is 9.90 Å². The van der Waals surface area contributed by atoms with Crippen molar-refractivity contribution in [1.29, 1.82) is 0 Å². The molecule has 0 aromatic heterocycles. The number of halogens is 1. The molecule has 0 radical (unpaired) electrons. The lowest BCUT2D eigenvalue weighted by Gasteiger charge is -1.59. The summed E-state index contributed by atoms with van der Waals surface area (Å²) in [5, 5.41) is 7.42. The Bertz CT molecular complexity index is 32.7. The van der Waals surface area contributed by atoms with Gasteiger partial charge in [-0.3, -0.25) is 4.79 Å². The van der Waals surface area contributed by atoms with Gasteiger partial charge >= 0.3 is 0 Å². The van der Waals surface area contributed by atoms with Gasteiger partial charge in [0, 0.05) is 6.92 Å². The van der Waals surface area contributed by atoms with Gasteiger partial charge in [0.2, 0.25) is 0 Å². The van der Waals surface area contributed by atoms with Crippen molar-refractivity contribution in [2.75, 3.05) is 0 Å². The fourth-order valence-corrected chi connectivity index (χ4v) is 0. The average Bonchev–Trinajstić information content (AvgIpc) is 0.811. The molecule has 5 N–H and O–H groups in total. The molecule has 5 heteroatoms. The first-order chi connectivity index (χ1) is 1.73. The van der Waals surface area contributed by atoms with Crippen LogP contribution in [0.25, 0.3) is 0 Å². The summed E-state index contributed by atoms with van der Waals surface area (Å²) < 4.78 is 0. The predicted molar refractivity (Wildman–Crippen MR) is 27.8 cm³/mol. The topological polar surface area (TPSA) is 100 Å². The van der Waals surface area contributed by atoms with Crippen molar-refractivity contribution in [3.63, 3.8) is 0 Å². The zero-order valence-corrected chi connectivity index (χ0v) is 4.58. The smallest absolute Gasteiger partial charge is 0.300 e. The molecule has 7 heavy (non-hydrogen) atoms. The second kappa shape index (κ2) is 17.3. The van der Waals surface area contributed by atoms with Crippen LogP contribution >= 0.6 is 12.4 Å². The Morgan fingerprint density at radius 2 is 1.43 bits per heavy atom. The molecule has 0 bridgehead atoms. The average molecular weight is 133 g/mol. The third-order valence-electron chi connectivity index (χ3n) is 0. The van der Waals surface area contributed by atoms with Crippen molar-refractivity contribution in [3.05, 3.63) is 0 Å². The van der Waals surface area contributed by atoms with Gasteiger partial charge < -0.3 is 16.1 Å². The molecule has 0 amide bonds. The molecule has 48 valence electrons. The molecule has 4 nitrogen and oxygen atoms in total. The van der Waals surface area contributed by atoms with E-state index in [1.807, 2.05) is 0 Å². The highest BCUT2D eigenvalue weighted by Crippen LogP contribution is 1.42. The lowest BCUT2D eigenvalue weighted by atomic mass is 10.9. The maximum atomic E-state index is 9.00. The summed E-state index contributed by atoms with van der Waals surface area (Å²) in [5.41, 5.74) is 0. The largest absolute Gasteiger partial charge is 0.481 e. The Labute approximate surface area is 47.2 Å². The molecule has 0 saturated heterocycles. The Balaban J connectivity index is -0.0000000150. The van der Waals surface area contributed by atoms with E-state index in [2.05, 4.69) is 0 Å². The van der Waals surface area contributed by atoms with Gasteiger partial charge in [0.05, 0.1) is 0 Å². The highest BCUT2D eigenvalue weighted by molar-refractivity contribution is 5.85. The highest BCUT2D eigenvalue weighted by atomic mass is 35.5. The lowest BCUT2D eigenvalue weighted by molar-refractivity contribution is -0.134. The van der Waals surface area contributed by atoms with E-state index < -0.39 is 5.97 Å². The maximum absolute atomic E-state index is 9.00. The number of carboxylic acids is 1. The van der Waals surface area contributed by atoms with Crippen LogP contribution in [-0.2, 0) is 4.79 Å². The van der Waals surface area contributed by atoms with Crippen molar-refractivity contribution in [2.24, 2.45) is 0 Å². The second-order valence-electron chi connectivity index (χ2n) is 0.519. The Morgan fingerprint density at radius 1 is 1.43 bits per heavy atom. The fourth-order valence-electron chi connectivity index (χ4n) is 0. The van der Waals surface area contributed by atoms with Gasteiger partial charge in [-0.15, -0.1) is 12.4 Å². The third-order valence-corrected chi connectivity index (χ3v) is 0. The van der Waals surface area contributed by atoms with Crippen LogP contribution in [0.5, 0.6) is 0 Å². The van der Waals surface area contributed by atoms with Gasteiger partial charge in [-0.05, 0) is 0 Å². The van der Waals surface area contributed by atoms with Gasteiger partial charge in [-0.1, -0.05) is 0 Å². The zero-order valence-electron chi connectivity index (χ0n) is 3.76. The second-order valence-corrected chi connectivity index (χ2v) is 0.519. The SMILES string of the molecule is CC(=O)O.Cl.O.O. The highest BCUT2D eigenvalue weighted by Gasteiger charge is 1.65. The van der Waals surface area contributed by atoms with Crippen LogP contribution in [0.1, 0.15) is 6.92 Å². The first kappa shape index (κ1) is 30.0. The van der Waals surface area contributed by atoms with Crippen LogP contribution in [-0.4, -0.2) is 22.0 Å².